The summed E-state index contributed by atoms with van der Waals surface area (Å²) >= 11 is 0. The minimum Gasteiger partial charge on any atom is -0.423 e. The maximum atomic E-state index is 11.6. The van der Waals surface area contributed by atoms with E-state index in [2.05, 4.69) is 5.32 Å². The molecule has 4 nitrogen and oxygen atoms in total. The summed E-state index contributed by atoms with van der Waals surface area (Å²) in [7, 11) is 0. The Labute approximate surface area is 114 Å². The van der Waals surface area contributed by atoms with E-state index in [1.807, 2.05) is 18.2 Å². The lowest BCUT2D eigenvalue weighted by atomic mass is 10.1. The number of para-hydroxylation sites is 2. The standard InChI is InChI=1S/C16H11NO3/c18-10-11-5-1-3-7-13(11)17-14-9-16(19)20-15-8-4-2-6-12(14)15/h1-10,17H. The van der Waals surface area contributed by atoms with E-state index in [-0.39, 0.29) is 0 Å². The number of carbonyl (C=O) groups is 1. The van der Waals surface area contributed by atoms with Gasteiger partial charge in [0.25, 0.3) is 0 Å². The molecule has 0 fully saturated rings. The number of carbonyl (C=O) groups excluding carboxylic acids is 1. The highest BCUT2D eigenvalue weighted by Crippen LogP contribution is 2.25. The summed E-state index contributed by atoms with van der Waals surface area (Å²) in [6.45, 7) is 0. The Kier molecular flexibility index (Phi) is 3.05. The van der Waals surface area contributed by atoms with Crippen molar-refractivity contribution in [2.45, 2.75) is 0 Å². The number of hydrogen-bond acceptors (Lipinski definition) is 4. The van der Waals surface area contributed by atoms with Crippen LogP contribution in [0.5, 0.6) is 0 Å². The zero-order valence-electron chi connectivity index (χ0n) is 10.5. The van der Waals surface area contributed by atoms with Crippen LogP contribution in [0.2, 0.25) is 0 Å². The van der Waals surface area contributed by atoms with Crippen LogP contribution in [0, 0.1) is 0 Å². The summed E-state index contributed by atoms with van der Waals surface area (Å²) in [4.78, 5) is 22.6. The van der Waals surface area contributed by atoms with Gasteiger partial charge in [-0.3, -0.25) is 4.79 Å². The number of fused-ring (bicyclic) bond motifs is 1. The molecule has 0 saturated carbocycles. The van der Waals surface area contributed by atoms with Gasteiger partial charge in [-0.05, 0) is 24.3 Å². The first-order chi connectivity index (χ1) is 9.78. The van der Waals surface area contributed by atoms with E-state index in [0.717, 1.165) is 11.7 Å². The van der Waals surface area contributed by atoms with Gasteiger partial charge in [-0.2, -0.15) is 0 Å². The van der Waals surface area contributed by atoms with Gasteiger partial charge in [0.05, 0.1) is 5.69 Å². The average molecular weight is 265 g/mol. The molecule has 0 aliphatic carbocycles. The molecule has 0 aliphatic rings. The molecular formula is C16H11NO3. The molecule has 0 radical (unpaired) electrons. The van der Waals surface area contributed by atoms with Crippen molar-refractivity contribution >= 4 is 28.6 Å². The van der Waals surface area contributed by atoms with Crippen molar-refractivity contribution in [3.63, 3.8) is 0 Å². The lowest BCUT2D eigenvalue weighted by Crippen LogP contribution is -2.02. The zero-order chi connectivity index (χ0) is 13.9. The number of rotatable bonds is 3. The number of anilines is 2. The molecule has 98 valence electrons. The number of nitrogens with one attached hydrogen (secondary N) is 1. The predicted molar refractivity (Wildman–Crippen MR) is 77.6 cm³/mol. The molecule has 0 aliphatic heterocycles. The number of hydrogen-bond donors (Lipinski definition) is 1. The number of aldehydes is 1. The molecule has 2 aromatic carbocycles. The molecule has 0 amide bonds. The summed E-state index contributed by atoms with van der Waals surface area (Å²) in [6.07, 6.45) is 0.774. The Morgan fingerprint density at radius 2 is 1.70 bits per heavy atom. The third kappa shape index (κ3) is 2.19. The highest BCUT2D eigenvalue weighted by Gasteiger charge is 2.07. The first-order valence-corrected chi connectivity index (χ1v) is 6.12. The van der Waals surface area contributed by atoms with Crippen LogP contribution >= 0.6 is 0 Å². The molecule has 0 saturated heterocycles. The van der Waals surface area contributed by atoms with Gasteiger partial charge in [-0.15, -0.1) is 0 Å². The van der Waals surface area contributed by atoms with Crippen LogP contribution in [0.15, 0.2) is 63.8 Å². The molecular weight excluding hydrogens is 254 g/mol. The molecule has 0 unspecified atom stereocenters. The van der Waals surface area contributed by atoms with Crippen LogP contribution in [-0.2, 0) is 0 Å². The fourth-order valence-corrected chi connectivity index (χ4v) is 2.07. The second kappa shape index (κ2) is 5.01. The smallest absolute Gasteiger partial charge is 0.338 e. The van der Waals surface area contributed by atoms with Crippen LogP contribution in [0.1, 0.15) is 10.4 Å². The topological polar surface area (TPSA) is 59.3 Å². The molecule has 3 aromatic rings. The van der Waals surface area contributed by atoms with Crippen molar-refractivity contribution in [2.24, 2.45) is 0 Å². The molecule has 1 N–H and O–H groups in total. The van der Waals surface area contributed by atoms with E-state index >= 15 is 0 Å². The maximum Gasteiger partial charge on any atom is 0.338 e. The summed E-state index contributed by atoms with van der Waals surface area (Å²) in [5.74, 6) is 0. The predicted octanol–water partition coefficient (Wildman–Crippen LogP) is 3.35. The Morgan fingerprint density at radius 3 is 2.55 bits per heavy atom. The second-order valence-corrected chi connectivity index (χ2v) is 4.31. The van der Waals surface area contributed by atoms with Crippen molar-refractivity contribution in [2.75, 3.05) is 5.32 Å². The lowest BCUT2D eigenvalue weighted by Gasteiger charge is -2.10. The quantitative estimate of drug-likeness (QED) is 0.582. The molecule has 1 heterocycles. The lowest BCUT2D eigenvalue weighted by molar-refractivity contribution is 0.112. The van der Waals surface area contributed by atoms with Gasteiger partial charge < -0.3 is 9.73 Å². The minimum atomic E-state index is -0.435. The van der Waals surface area contributed by atoms with E-state index in [0.29, 0.717) is 22.5 Å². The fourth-order valence-electron chi connectivity index (χ4n) is 2.07. The van der Waals surface area contributed by atoms with E-state index in [4.69, 9.17) is 4.42 Å². The number of benzene rings is 2. The summed E-state index contributed by atoms with van der Waals surface area (Å²) in [6, 6.07) is 15.7. The Balaban J connectivity index is 2.15. The maximum absolute atomic E-state index is 11.6. The van der Waals surface area contributed by atoms with Crippen molar-refractivity contribution in [3.05, 3.63) is 70.6 Å². The van der Waals surface area contributed by atoms with E-state index in [1.165, 1.54) is 6.07 Å². The van der Waals surface area contributed by atoms with E-state index < -0.39 is 5.63 Å². The van der Waals surface area contributed by atoms with Gasteiger partial charge in [0.1, 0.15) is 5.58 Å². The molecule has 0 bridgehead atoms. The van der Waals surface area contributed by atoms with Gasteiger partial charge in [0, 0.05) is 22.7 Å². The first kappa shape index (κ1) is 12.2. The normalized spacial score (nSPS) is 10.4. The SMILES string of the molecule is O=Cc1ccccc1Nc1cc(=O)oc2ccccc12. The van der Waals surface area contributed by atoms with Crippen LogP contribution < -0.4 is 10.9 Å². The summed E-state index contributed by atoms with van der Waals surface area (Å²) in [5, 5.41) is 3.90. The second-order valence-electron chi connectivity index (χ2n) is 4.31. The van der Waals surface area contributed by atoms with E-state index in [9.17, 15) is 9.59 Å². The van der Waals surface area contributed by atoms with Gasteiger partial charge in [-0.1, -0.05) is 24.3 Å². The van der Waals surface area contributed by atoms with Crippen molar-refractivity contribution < 1.29 is 9.21 Å². The van der Waals surface area contributed by atoms with Crippen LogP contribution in [-0.4, -0.2) is 6.29 Å². The fraction of sp³-hybridized carbons (Fsp3) is 0. The minimum absolute atomic E-state index is 0.435. The Morgan fingerprint density at radius 1 is 0.950 bits per heavy atom. The third-order valence-corrected chi connectivity index (χ3v) is 3.01. The Bertz CT molecular complexity index is 836. The molecule has 3 rings (SSSR count). The molecule has 20 heavy (non-hydrogen) atoms. The molecule has 1 aromatic heterocycles. The van der Waals surface area contributed by atoms with Crippen molar-refractivity contribution in [1.82, 2.24) is 0 Å². The zero-order valence-corrected chi connectivity index (χ0v) is 10.5. The highest BCUT2D eigenvalue weighted by atomic mass is 16.4. The Hall–Kier alpha value is -2.88. The van der Waals surface area contributed by atoms with Gasteiger partial charge in [-0.25, -0.2) is 4.79 Å². The van der Waals surface area contributed by atoms with Gasteiger partial charge in [0.15, 0.2) is 6.29 Å². The molecule has 0 atom stereocenters. The van der Waals surface area contributed by atoms with Crippen LogP contribution in [0.25, 0.3) is 11.0 Å². The first-order valence-electron chi connectivity index (χ1n) is 6.12. The summed E-state index contributed by atoms with van der Waals surface area (Å²) in [5.41, 5.74) is 1.87. The highest BCUT2D eigenvalue weighted by molar-refractivity contribution is 5.94. The largest absolute Gasteiger partial charge is 0.423 e. The van der Waals surface area contributed by atoms with E-state index in [1.54, 1.807) is 30.3 Å². The van der Waals surface area contributed by atoms with Crippen molar-refractivity contribution in [1.29, 1.82) is 0 Å². The molecule has 4 heteroatoms. The third-order valence-electron chi connectivity index (χ3n) is 3.01. The van der Waals surface area contributed by atoms with Crippen LogP contribution in [0.4, 0.5) is 11.4 Å². The van der Waals surface area contributed by atoms with Crippen LogP contribution in [0.3, 0.4) is 0 Å². The average Bonchev–Trinajstić information content (AvgIpc) is 2.47. The van der Waals surface area contributed by atoms with Crippen molar-refractivity contribution in [3.8, 4) is 0 Å². The monoisotopic (exact) mass is 265 g/mol. The van der Waals surface area contributed by atoms with Gasteiger partial charge in [0.2, 0.25) is 0 Å². The van der Waals surface area contributed by atoms with Gasteiger partial charge >= 0.3 is 5.63 Å². The molecule has 0 spiro atoms. The summed E-state index contributed by atoms with van der Waals surface area (Å²) < 4.78 is 5.13.